The van der Waals surface area contributed by atoms with E-state index in [4.69, 9.17) is 0 Å². The molecule has 0 bridgehead atoms. The molecule has 2 atom stereocenters. The van der Waals surface area contributed by atoms with Gasteiger partial charge in [0.05, 0.1) is 0 Å². The van der Waals surface area contributed by atoms with Crippen LogP contribution in [0.1, 0.15) is 12.8 Å². The zero-order valence-electron chi connectivity index (χ0n) is 9.09. The normalized spacial score (nSPS) is 27.6. The molecule has 1 aliphatic heterocycles. The summed E-state index contributed by atoms with van der Waals surface area (Å²) in [5.41, 5.74) is -5.42. The highest BCUT2D eigenvalue weighted by Gasteiger charge is 2.49. The van der Waals surface area contributed by atoms with Crippen molar-refractivity contribution in [3.05, 3.63) is 24.0 Å². The minimum absolute atomic E-state index is 0.113. The summed E-state index contributed by atoms with van der Waals surface area (Å²) in [7, 11) is -5.61. The Kier molecular flexibility index (Phi) is 3.22. The molecule has 0 amide bonds. The molecule has 2 rings (SSSR count). The zero-order valence-corrected chi connectivity index (χ0v) is 9.91. The van der Waals surface area contributed by atoms with Gasteiger partial charge in [-0.1, -0.05) is 6.08 Å². The first kappa shape index (κ1) is 13.1. The topological polar surface area (TPSA) is 55.7 Å². The lowest BCUT2D eigenvalue weighted by atomic mass is 9.87. The lowest BCUT2D eigenvalue weighted by molar-refractivity contribution is -0.0526. The largest absolute Gasteiger partial charge is 0.534 e. The third-order valence-electron chi connectivity index (χ3n) is 2.72. The van der Waals surface area contributed by atoms with Crippen LogP contribution >= 0.6 is 0 Å². The molecule has 0 radical (unpaired) electrons. The van der Waals surface area contributed by atoms with Crippen LogP contribution in [0, 0.1) is 5.92 Å². The van der Waals surface area contributed by atoms with Gasteiger partial charge in [-0.25, -0.2) is 0 Å². The lowest BCUT2D eigenvalue weighted by Gasteiger charge is -2.28. The first-order valence-corrected chi connectivity index (χ1v) is 6.63. The summed E-state index contributed by atoms with van der Waals surface area (Å²) in [6.07, 6.45) is 7.41. The number of aliphatic imine (C=N–C) groups is 1. The zero-order chi connectivity index (χ0) is 13.4. The van der Waals surface area contributed by atoms with Crippen molar-refractivity contribution in [3.63, 3.8) is 0 Å². The van der Waals surface area contributed by atoms with E-state index in [1.807, 2.05) is 0 Å². The molecule has 4 nitrogen and oxygen atoms in total. The van der Waals surface area contributed by atoms with Gasteiger partial charge in [-0.2, -0.15) is 21.6 Å². The fraction of sp³-hybridized carbons (Fsp3) is 0.500. The summed E-state index contributed by atoms with van der Waals surface area (Å²) in [5, 5.41) is 0. The quantitative estimate of drug-likeness (QED) is 0.575. The molecule has 2 aliphatic rings. The molecule has 18 heavy (non-hydrogen) atoms. The Bertz CT molecular complexity index is 519. The highest BCUT2D eigenvalue weighted by molar-refractivity contribution is 7.87. The van der Waals surface area contributed by atoms with Crippen molar-refractivity contribution < 1.29 is 25.8 Å². The van der Waals surface area contributed by atoms with E-state index >= 15 is 0 Å². The fourth-order valence-corrected chi connectivity index (χ4v) is 2.40. The summed E-state index contributed by atoms with van der Waals surface area (Å²) in [5.74, 6) is -0.359. The average Bonchev–Trinajstić information content (AvgIpc) is 2.27. The molecule has 1 heterocycles. The molecule has 2 unspecified atom stereocenters. The monoisotopic (exact) mass is 281 g/mol. The number of hydrogen-bond donors (Lipinski definition) is 0. The van der Waals surface area contributed by atoms with Crippen LogP contribution in [0.4, 0.5) is 13.2 Å². The van der Waals surface area contributed by atoms with Gasteiger partial charge in [0, 0.05) is 12.1 Å². The number of allylic oxidation sites excluding steroid dienone is 2. The van der Waals surface area contributed by atoms with Crippen LogP contribution in [-0.2, 0) is 14.3 Å². The molecule has 1 aliphatic carbocycles. The smallest absolute Gasteiger partial charge is 0.379 e. The summed E-state index contributed by atoms with van der Waals surface area (Å²) >= 11 is 0. The minimum Gasteiger partial charge on any atom is -0.379 e. The summed E-state index contributed by atoms with van der Waals surface area (Å²) in [4.78, 5) is 3.96. The number of alkyl halides is 3. The van der Waals surface area contributed by atoms with Crippen LogP contribution < -0.4 is 0 Å². The lowest BCUT2D eigenvalue weighted by Crippen LogP contribution is -2.32. The first-order valence-electron chi connectivity index (χ1n) is 5.22. The molecule has 0 aromatic heterocycles. The van der Waals surface area contributed by atoms with Crippen LogP contribution in [0.3, 0.4) is 0 Å². The first-order chi connectivity index (χ1) is 8.31. The molecule has 0 aromatic rings. The summed E-state index contributed by atoms with van der Waals surface area (Å²) in [6.45, 7) is 0. The minimum atomic E-state index is -5.61. The Hall–Kier alpha value is -1.31. The Morgan fingerprint density at radius 1 is 1.39 bits per heavy atom. The number of nitrogens with zero attached hydrogens (tertiary/aromatic N) is 1. The van der Waals surface area contributed by atoms with Gasteiger partial charge in [-0.05, 0) is 25.0 Å². The van der Waals surface area contributed by atoms with E-state index in [-0.39, 0.29) is 11.7 Å². The Balaban J connectivity index is 2.22. The molecule has 8 heteroatoms. The van der Waals surface area contributed by atoms with Crippen molar-refractivity contribution in [2.24, 2.45) is 10.9 Å². The predicted octanol–water partition coefficient (Wildman–Crippen LogP) is 2.16. The molecular weight excluding hydrogens is 271 g/mol. The molecule has 0 saturated heterocycles. The molecule has 0 N–H and O–H groups in total. The summed E-state index contributed by atoms with van der Waals surface area (Å²) in [6, 6.07) is -0.680. The second-order valence-corrected chi connectivity index (χ2v) is 5.50. The molecule has 0 saturated carbocycles. The Labute approximate surface area is 102 Å². The van der Waals surface area contributed by atoms with E-state index in [0.29, 0.717) is 12.8 Å². The van der Waals surface area contributed by atoms with E-state index in [0.717, 1.165) is 0 Å². The molecule has 100 valence electrons. The van der Waals surface area contributed by atoms with Crippen molar-refractivity contribution in [3.8, 4) is 0 Å². The summed E-state index contributed by atoms with van der Waals surface area (Å²) < 4.78 is 62.7. The maximum Gasteiger partial charge on any atom is 0.534 e. The predicted molar refractivity (Wildman–Crippen MR) is 58.3 cm³/mol. The van der Waals surface area contributed by atoms with Crippen molar-refractivity contribution in [2.75, 3.05) is 0 Å². The van der Waals surface area contributed by atoms with Gasteiger partial charge in [-0.3, -0.25) is 4.99 Å². The van der Waals surface area contributed by atoms with Gasteiger partial charge < -0.3 is 4.18 Å². The number of halogens is 3. The van der Waals surface area contributed by atoms with E-state index < -0.39 is 21.7 Å². The van der Waals surface area contributed by atoms with Crippen LogP contribution in [-0.4, -0.2) is 26.2 Å². The number of dihydropyridines is 1. The van der Waals surface area contributed by atoms with Gasteiger partial charge in [0.1, 0.15) is 11.8 Å². The number of hydrogen-bond acceptors (Lipinski definition) is 4. The van der Waals surface area contributed by atoms with Crippen LogP contribution in [0.2, 0.25) is 0 Å². The molecule has 0 aromatic carbocycles. The maximum absolute atomic E-state index is 12.2. The van der Waals surface area contributed by atoms with Gasteiger partial charge in [0.2, 0.25) is 0 Å². The Morgan fingerprint density at radius 3 is 2.78 bits per heavy atom. The van der Waals surface area contributed by atoms with Gasteiger partial charge in [0.25, 0.3) is 0 Å². The van der Waals surface area contributed by atoms with E-state index in [2.05, 4.69) is 9.18 Å². The Morgan fingerprint density at radius 2 is 2.11 bits per heavy atom. The highest BCUT2D eigenvalue weighted by atomic mass is 32.2. The van der Waals surface area contributed by atoms with Gasteiger partial charge >= 0.3 is 15.6 Å². The van der Waals surface area contributed by atoms with E-state index in [9.17, 15) is 21.6 Å². The molecule has 0 fully saturated rings. The van der Waals surface area contributed by atoms with Crippen molar-refractivity contribution in [2.45, 2.75) is 24.4 Å². The second kappa shape index (κ2) is 4.42. The van der Waals surface area contributed by atoms with Gasteiger partial charge in [-0.15, -0.1) is 0 Å². The number of rotatable bonds is 2. The van der Waals surface area contributed by atoms with Crippen LogP contribution in [0.15, 0.2) is 29.0 Å². The molecular formula is C10H10F3NO3S. The van der Waals surface area contributed by atoms with E-state index in [1.165, 1.54) is 12.3 Å². The van der Waals surface area contributed by atoms with E-state index in [1.54, 1.807) is 12.2 Å². The average molecular weight is 281 g/mol. The second-order valence-electron chi connectivity index (χ2n) is 3.96. The standard InChI is InChI=1S/C10H10F3NO3S/c11-10(12,13)18(15,16)17-8-5-1-3-7-4-2-6-14-9(7)8/h2,4-7,9H,1,3H2. The van der Waals surface area contributed by atoms with Crippen molar-refractivity contribution >= 4 is 16.3 Å². The van der Waals surface area contributed by atoms with Gasteiger partial charge in [0.15, 0.2) is 0 Å². The fourth-order valence-electron chi connectivity index (χ4n) is 1.89. The van der Waals surface area contributed by atoms with Crippen LogP contribution in [0.25, 0.3) is 0 Å². The maximum atomic E-state index is 12.2. The molecule has 0 spiro atoms. The van der Waals surface area contributed by atoms with Crippen molar-refractivity contribution in [1.82, 2.24) is 0 Å². The van der Waals surface area contributed by atoms with Crippen LogP contribution in [0.5, 0.6) is 0 Å². The third kappa shape index (κ3) is 2.43. The third-order valence-corrected chi connectivity index (χ3v) is 3.70. The number of fused-ring (bicyclic) bond motifs is 1. The SMILES string of the molecule is O=S(=O)(OC1=CCCC2C=CC=NC12)C(F)(F)F. The van der Waals surface area contributed by atoms with Crippen molar-refractivity contribution in [1.29, 1.82) is 0 Å². The highest BCUT2D eigenvalue weighted by Crippen LogP contribution is 2.34.